The Labute approximate surface area is 166 Å². The van der Waals surface area contributed by atoms with Crippen LogP contribution in [0.15, 0.2) is 24.5 Å². The van der Waals surface area contributed by atoms with Gasteiger partial charge in [0.25, 0.3) is 0 Å². The van der Waals surface area contributed by atoms with Crippen LogP contribution in [0.4, 0.5) is 18.9 Å². The van der Waals surface area contributed by atoms with E-state index in [1.165, 1.54) is 6.33 Å². The summed E-state index contributed by atoms with van der Waals surface area (Å²) in [5, 5.41) is 0.823. The summed E-state index contributed by atoms with van der Waals surface area (Å²) < 4.78 is 43.2. The van der Waals surface area contributed by atoms with Gasteiger partial charge in [0, 0.05) is 38.4 Å². The summed E-state index contributed by atoms with van der Waals surface area (Å²) in [4.78, 5) is 25.9. The molecule has 156 valence electrons. The van der Waals surface area contributed by atoms with Crippen molar-refractivity contribution in [3.63, 3.8) is 0 Å². The van der Waals surface area contributed by atoms with Crippen LogP contribution in [0.5, 0.6) is 5.88 Å². The molecule has 2 aromatic rings. The van der Waals surface area contributed by atoms with E-state index in [1.807, 2.05) is 23.1 Å². The number of ether oxygens (including phenoxy) is 1. The second kappa shape index (κ2) is 7.66. The molecule has 0 saturated carbocycles. The highest BCUT2D eigenvalue weighted by atomic mass is 19.4. The molecule has 1 aromatic heterocycles. The first kappa shape index (κ1) is 19.7. The number of likely N-dealkylation sites (tertiary alicyclic amines) is 1. The molecule has 29 heavy (non-hydrogen) atoms. The summed E-state index contributed by atoms with van der Waals surface area (Å²) in [5.74, 6) is 0.0974. The molecule has 10 heteroatoms. The molecule has 2 aliphatic heterocycles. The second-order valence-corrected chi connectivity index (χ2v) is 7.29. The van der Waals surface area contributed by atoms with Gasteiger partial charge in [-0.1, -0.05) is 0 Å². The van der Waals surface area contributed by atoms with Crippen LogP contribution in [-0.4, -0.2) is 84.3 Å². The highest BCUT2D eigenvalue weighted by Gasteiger charge is 2.42. The molecule has 2 fully saturated rings. The quantitative estimate of drug-likeness (QED) is 0.769. The lowest BCUT2D eigenvalue weighted by Gasteiger charge is -2.38. The maximum absolute atomic E-state index is 12.6. The molecule has 2 saturated heterocycles. The standard InChI is InChI=1S/C19H22F3N5O2/c1-29-17-14-10-13(2-3-15(14)23-12-24-17)25-6-8-26(9-7-25)16-4-5-27(18(16)28)11-19(20,21)22/h2-3,10,12,16H,4-9,11H2,1H3. The van der Waals surface area contributed by atoms with Gasteiger partial charge >= 0.3 is 6.18 Å². The minimum Gasteiger partial charge on any atom is -0.480 e. The third-order valence-corrected chi connectivity index (χ3v) is 5.54. The lowest BCUT2D eigenvalue weighted by molar-refractivity contribution is -0.159. The summed E-state index contributed by atoms with van der Waals surface area (Å²) in [6, 6.07) is 5.42. The van der Waals surface area contributed by atoms with Crippen LogP contribution in [0.1, 0.15) is 6.42 Å². The van der Waals surface area contributed by atoms with E-state index in [0.29, 0.717) is 38.5 Å². The monoisotopic (exact) mass is 409 g/mol. The summed E-state index contributed by atoms with van der Waals surface area (Å²) in [6.07, 6.45) is -2.45. The molecule has 1 atom stereocenters. The van der Waals surface area contributed by atoms with Gasteiger partial charge in [0.05, 0.1) is 24.1 Å². The van der Waals surface area contributed by atoms with Crippen molar-refractivity contribution in [1.29, 1.82) is 0 Å². The fourth-order valence-electron chi connectivity index (χ4n) is 4.11. The van der Waals surface area contributed by atoms with Crippen molar-refractivity contribution in [1.82, 2.24) is 19.8 Å². The number of benzene rings is 1. The number of fused-ring (bicyclic) bond motifs is 1. The van der Waals surface area contributed by atoms with Gasteiger partial charge in [-0.3, -0.25) is 9.69 Å². The minimum absolute atomic E-state index is 0.160. The van der Waals surface area contributed by atoms with E-state index in [2.05, 4.69) is 14.9 Å². The van der Waals surface area contributed by atoms with Crippen LogP contribution >= 0.6 is 0 Å². The normalized spacial score (nSPS) is 21.2. The van der Waals surface area contributed by atoms with Crippen LogP contribution < -0.4 is 9.64 Å². The van der Waals surface area contributed by atoms with Gasteiger partial charge in [0.2, 0.25) is 11.8 Å². The molecule has 0 aliphatic carbocycles. The number of rotatable bonds is 4. The number of anilines is 1. The van der Waals surface area contributed by atoms with Gasteiger partial charge in [-0.2, -0.15) is 13.2 Å². The van der Waals surface area contributed by atoms with E-state index >= 15 is 0 Å². The Morgan fingerprint density at radius 1 is 1.14 bits per heavy atom. The lowest BCUT2D eigenvalue weighted by Crippen LogP contribution is -2.53. The van der Waals surface area contributed by atoms with Crippen molar-refractivity contribution in [2.45, 2.75) is 18.6 Å². The number of aromatic nitrogens is 2. The summed E-state index contributed by atoms with van der Waals surface area (Å²) >= 11 is 0. The molecule has 0 N–H and O–H groups in total. The fourth-order valence-corrected chi connectivity index (χ4v) is 4.11. The van der Waals surface area contributed by atoms with Crippen molar-refractivity contribution < 1.29 is 22.7 Å². The van der Waals surface area contributed by atoms with Crippen LogP contribution in [0, 0.1) is 0 Å². The van der Waals surface area contributed by atoms with E-state index in [9.17, 15) is 18.0 Å². The van der Waals surface area contributed by atoms with Gasteiger partial charge in [0.15, 0.2) is 0 Å². The predicted octanol–water partition coefficient (Wildman–Crippen LogP) is 1.92. The summed E-state index contributed by atoms with van der Waals surface area (Å²) in [5.41, 5.74) is 1.79. The molecular formula is C19H22F3N5O2. The lowest BCUT2D eigenvalue weighted by atomic mass is 10.1. The number of halogens is 3. The number of nitrogens with zero attached hydrogens (tertiary/aromatic N) is 5. The van der Waals surface area contributed by atoms with Crippen molar-refractivity contribution in [2.24, 2.45) is 0 Å². The first-order chi connectivity index (χ1) is 13.9. The van der Waals surface area contributed by atoms with Crippen molar-refractivity contribution in [3.05, 3.63) is 24.5 Å². The number of amides is 1. The van der Waals surface area contributed by atoms with Crippen LogP contribution in [0.2, 0.25) is 0 Å². The topological polar surface area (TPSA) is 61.8 Å². The summed E-state index contributed by atoms with van der Waals surface area (Å²) in [7, 11) is 1.56. The Morgan fingerprint density at radius 2 is 1.90 bits per heavy atom. The van der Waals surface area contributed by atoms with Crippen LogP contribution in [0.25, 0.3) is 10.9 Å². The molecule has 3 heterocycles. The molecular weight excluding hydrogens is 387 g/mol. The van der Waals surface area contributed by atoms with Gasteiger partial charge in [-0.05, 0) is 24.6 Å². The first-order valence-electron chi connectivity index (χ1n) is 9.49. The van der Waals surface area contributed by atoms with Crippen LogP contribution in [0.3, 0.4) is 0 Å². The minimum atomic E-state index is -4.36. The molecule has 1 amide bonds. The third kappa shape index (κ3) is 4.07. The molecule has 0 bridgehead atoms. The Balaban J connectivity index is 1.41. The SMILES string of the molecule is COc1ncnc2ccc(N3CCN(C4CCN(CC(F)(F)F)C4=O)CC3)cc12. The zero-order valence-corrected chi connectivity index (χ0v) is 16.0. The molecule has 4 rings (SSSR count). The Bertz CT molecular complexity index is 899. The zero-order chi connectivity index (χ0) is 20.6. The number of alkyl halides is 3. The molecule has 0 radical (unpaired) electrons. The number of carbonyl (C=O) groups is 1. The van der Waals surface area contributed by atoms with Crippen LogP contribution in [-0.2, 0) is 4.79 Å². The summed E-state index contributed by atoms with van der Waals surface area (Å²) in [6.45, 7) is 1.61. The maximum Gasteiger partial charge on any atom is 0.406 e. The highest BCUT2D eigenvalue weighted by Crippen LogP contribution is 2.28. The van der Waals surface area contributed by atoms with Gasteiger partial charge < -0.3 is 14.5 Å². The van der Waals surface area contributed by atoms with Crippen molar-refractivity contribution >= 4 is 22.5 Å². The average Bonchev–Trinajstić information content (AvgIpc) is 3.06. The van der Waals surface area contributed by atoms with E-state index in [0.717, 1.165) is 21.5 Å². The molecule has 0 spiro atoms. The number of hydrogen-bond acceptors (Lipinski definition) is 6. The highest BCUT2D eigenvalue weighted by molar-refractivity contribution is 5.87. The van der Waals surface area contributed by atoms with E-state index in [4.69, 9.17) is 4.74 Å². The van der Waals surface area contributed by atoms with E-state index in [-0.39, 0.29) is 6.54 Å². The van der Waals surface area contributed by atoms with E-state index < -0.39 is 24.7 Å². The number of piperazine rings is 1. The number of hydrogen-bond donors (Lipinski definition) is 0. The molecule has 1 aromatic carbocycles. The smallest absolute Gasteiger partial charge is 0.406 e. The Kier molecular flexibility index (Phi) is 5.20. The Morgan fingerprint density at radius 3 is 2.59 bits per heavy atom. The van der Waals surface area contributed by atoms with Gasteiger partial charge in [-0.15, -0.1) is 0 Å². The number of carbonyl (C=O) groups excluding carboxylic acids is 1. The predicted molar refractivity (Wildman–Crippen MR) is 101 cm³/mol. The Hall–Kier alpha value is -2.62. The fraction of sp³-hybridized carbons (Fsp3) is 0.526. The van der Waals surface area contributed by atoms with E-state index in [1.54, 1.807) is 7.11 Å². The van der Waals surface area contributed by atoms with Crippen molar-refractivity contribution in [3.8, 4) is 5.88 Å². The maximum atomic E-state index is 12.6. The van der Waals surface area contributed by atoms with Gasteiger partial charge in [0.1, 0.15) is 12.9 Å². The van der Waals surface area contributed by atoms with Gasteiger partial charge in [-0.25, -0.2) is 9.97 Å². The zero-order valence-electron chi connectivity index (χ0n) is 16.0. The third-order valence-electron chi connectivity index (χ3n) is 5.54. The number of methoxy groups -OCH3 is 1. The molecule has 7 nitrogen and oxygen atoms in total. The van der Waals surface area contributed by atoms with Crippen molar-refractivity contribution in [2.75, 3.05) is 51.3 Å². The molecule has 1 unspecified atom stereocenters. The second-order valence-electron chi connectivity index (χ2n) is 7.29. The molecule has 2 aliphatic rings. The first-order valence-corrected chi connectivity index (χ1v) is 9.49. The average molecular weight is 409 g/mol. The largest absolute Gasteiger partial charge is 0.480 e.